The van der Waals surface area contributed by atoms with E-state index in [-0.39, 0.29) is 11.6 Å². The van der Waals surface area contributed by atoms with E-state index in [1.54, 1.807) is 0 Å². The van der Waals surface area contributed by atoms with Gasteiger partial charge < -0.3 is 35.2 Å². The summed E-state index contributed by atoms with van der Waals surface area (Å²) in [5.41, 5.74) is 2.06. The molecule has 0 aromatic carbocycles. The second-order valence-electron chi connectivity index (χ2n) is 6.03. The SMILES string of the molecule is Nc1ccn(C2O[C@@](/C=C\P(=O)(O)OP(=O)(O)OP(=O)(O)O)(CCl)[C@@H](O)[C@H]2F)c(=O)n1. The highest BCUT2D eigenvalue weighted by atomic mass is 35.5. The quantitative estimate of drug-likeness (QED) is 0.191. The van der Waals surface area contributed by atoms with Gasteiger partial charge in [0.1, 0.15) is 17.5 Å². The molecule has 0 aliphatic carbocycles. The van der Waals surface area contributed by atoms with Crippen molar-refractivity contribution in [1.82, 2.24) is 9.55 Å². The Labute approximate surface area is 177 Å². The van der Waals surface area contributed by atoms with Gasteiger partial charge in [0.05, 0.1) is 5.88 Å². The van der Waals surface area contributed by atoms with Crippen LogP contribution in [-0.2, 0) is 27.1 Å². The molecule has 7 N–H and O–H groups in total. The first-order chi connectivity index (χ1) is 14.0. The number of anilines is 1. The van der Waals surface area contributed by atoms with Gasteiger partial charge in [-0.3, -0.25) is 9.13 Å². The number of ether oxygens (including phenoxy) is 1. The molecule has 15 nitrogen and oxygen atoms in total. The number of rotatable bonds is 8. The number of nitrogens with two attached hydrogens (primary N) is 1. The smallest absolute Gasteiger partial charge is 0.386 e. The molecule has 20 heteroatoms. The lowest BCUT2D eigenvalue weighted by Gasteiger charge is -2.26. The van der Waals surface area contributed by atoms with Gasteiger partial charge in [-0.1, -0.05) is 0 Å². The van der Waals surface area contributed by atoms with Crippen molar-refractivity contribution in [1.29, 1.82) is 0 Å². The third kappa shape index (κ3) is 6.51. The van der Waals surface area contributed by atoms with Gasteiger partial charge in [0.25, 0.3) is 0 Å². The molecule has 2 rings (SSSR count). The fourth-order valence-corrected chi connectivity index (χ4v) is 6.07. The van der Waals surface area contributed by atoms with Gasteiger partial charge in [-0.2, -0.15) is 9.29 Å². The first-order valence-corrected chi connectivity index (χ1v) is 13.0. The second-order valence-corrected chi connectivity index (χ2v) is 10.9. The Morgan fingerprint density at radius 2 is 1.94 bits per heavy atom. The lowest BCUT2D eigenvalue weighted by atomic mass is 9.98. The molecule has 1 saturated heterocycles. The molecule has 3 unspecified atom stereocenters. The first-order valence-electron chi connectivity index (χ1n) is 7.75. The Morgan fingerprint density at radius 3 is 2.45 bits per heavy atom. The molecule has 176 valence electrons. The van der Waals surface area contributed by atoms with Crippen LogP contribution in [0.3, 0.4) is 0 Å². The number of nitrogen functional groups attached to an aromatic ring is 1. The summed E-state index contributed by atoms with van der Waals surface area (Å²) >= 11 is 5.72. The van der Waals surface area contributed by atoms with Gasteiger partial charge in [0.2, 0.25) is 0 Å². The van der Waals surface area contributed by atoms with E-state index in [0.717, 1.165) is 12.3 Å². The minimum Gasteiger partial charge on any atom is -0.386 e. The number of hydrogen-bond acceptors (Lipinski definition) is 10. The number of aliphatic hydroxyl groups is 1. The van der Waals surface area contributed by atoms with Crippen molar-refractivity contribution in [3.05, 3.63) is 34.6 Å². The largest absolute Gasteiger partial charge is 0.488 e. The highest BCUT2D eigenvalue weighted by Gasteiger charge is 2.55. The zero-order valence-electron chi connectivity index (χ0n) is 14.9. The number of hydrogen-bond donors (Lipinski definition) is 6. The van der Waals surface area contributed by atoms with Crippen LogP contribution in [0.2, 0.25) is 0 Å². The van der Waals surface area contributed by atoms with E-state index in [4.69, 9.17) is 36.8 Å². The Morgan fingerprint density at radius 1 is 1.32 bits per heavy atom. The Balaban J connectivity index is 2.31. The van der Waals surface area contributed by atoms with Crippen LogP contribution >= 0.6 is 34.8 Å². The molecule has 1 fully saturated rings. The fraction of sp³-hybridized carbons (Fsp3) is 0.455. The molecule has 6 atom stereocenters. The molecular formula is C11H16ClFN3O12P3. The van der Waals surface area contributed by atoms with E-state index in [0.29, 0.717) is 10.6 Å². The summed E-state index contributed by atoms with van der Waals surface area (Å²) in [5.74, 6) is -0.763. The van der Waals surface area contributed by atoms with Crippen molar-refractivity contribution >= 4 is 40.7 Å². The summed E-state index contributed by atoms with van der Waals surface area (Å²) in [7, 11) is -16.6. The minimum atomic E-state index is -5.73. The van der Waals surface area contributed by atoms with Crippen LogP contribution in [0.4, 0.5) is 10.2 Å². The maximum atomic E-state index is 14.7. The van der Waals surface area contributed by atoms with Gasteiger partial charge in [-0.05, 0) is 12.1 Å². The highest BCUT2D eigenvalue weighted by Crippen LogP contribution is 2.66. The lowest BCUT2D eigenvalue weighted by molar-refractivity contribution is -0.0608. The van der Waals surface area contributed by atoms with E-state index in [1.807, 2.05) is 0 Å². The summed E-state index contributed by atoms with van der Waals surface area (Å²) in [5, 5.41) is 10.2. The average molecular weight is 530 g/mol. The predicted molar refractivity (Wildman–Crippen MR) is 100 cm³/mol. The second kappa shape index (κ2) is 9.10. The zero-order chi connectivity index (χ0) is 23.8. The Bertz CT molecular complexity index is 1060. The van der Waals surface area contributed by atoms with Crippen molar-refractivity contribution in [3.63, 3.8) is 0 Å². The van der Waals surface area contributed by atoms with Crippen LogP contribution in [0.1, 0.15) is 6.23 Å². The monoisotopic (exact) mass is 529 g/mol. The molecule has 0 spiro atoms. The standard InChI is InChI=1S/C11H16ClFN3O12P3/c12-5-11(2-4-29(19,20)27-31(24,25)28-30(21,22)23)8(17)7(13)9(26-11)16-3-1-6(14)15-10(16)18/h1-4,7-9,17H,5H2,(H,19,20)(H,24,25)(H2,14,15,18)(H2,21,22,23)/b4-2-/t7-,8+,9?,11+/m1/s1. The van der Waals surface area contributed by atoms with Crippen LogP contribution in [-0.4, -0.2) is 58.0 Å². The van der Waals surface area contributed by atoms with Crippen molar-refractivity contribution < 1.29 is 56.1 Å². The van der Waals surface area contributed by atoms with E-state index >= 15 is 0 Å². The Kier molecular flexibility index (Phi) is 7.71. The maximum absolute atomic E-state index is 14.7. The molecule has 31 heavy (non-hydrogen) atoms. The van der Waals surface area contributed by atoms with Gasteiger partial charge in [0.15, 0.2) is 12.4 Å². The van der Waals surface area contributed by atoms with E-state index in [2.05, 4.69) is 13.6 Å². The van der Waals surface area contributed by atoms with Gasteiger partial charge in [-0.15, -0.1) is 11.6 Å². The van der Waals surface area contributed by atoms with E-state index in [1.165, 1.54) is 0 Å². The highest BCUT2D eigenvalue weighted by molar-refractivity contribution is 7.69. The maximum Gasteiger partial charge on any atom is 0.488 e. The lowest BCUT2D eigenvalue weighted by Crippen LogP contribution is -2.42. The summed E-state index contributed by atoms with van der Waals surface area (Å²) < 4.78 is 61.9. The topological polar surface area (TPSA) is 241 Å². The molecule has 1 aromatic heterocycles. The molecule has 2 heterocycles. The number of nitrogens with zero attached hydrogens (tertiary/aromatic N) is 2. The van der Waals surface area contributed by atoms with Gasteiger partial charge >= 0.3 is 28.9 Å². The average Bonchev–Trinajstić information content (AvgIpc) is 2.82. The van der Waals surface area contributed by atoms with Crippen molar-refractivity contribution in [3.8, 4) is 0 Å². The van der Waals surface area contributed by atoms with Gasteiger partial charge in [-0.25, -0.2) is 22.6 Å². The summed E-state index contributed by atoms with van der Waals surface area (Å²) in [6.45, 7) is 0. The molecule has 0 radical (unpaired) electrons. The number of alkyl halides is 2. The fourth-order valence-electron chi connectivity index (χ4n) is 2.45. The van der Waals surface area contributed by atoms with Crippen molar-refractivity contribution in [2.24, 2.45) is 0 Å². The molecule has 0 bridgehead atoms. The molecular weight excluding hydrogens is 514 g/mol. The summed E-state index contributed by atoms with van der Waals surface area (Å²) in [4.78, 5) is 51.1. The van der Waals surface area contributed by atoms with Gasteiger partial charge in [0, 0.05) is 12.0 Å². The Hall–Kier alpha value is -0.990. The predicted octanol–water partition coefficient (Wildman–Crippen LogP) is -0.0437. The third-order valence-electron chi connectivity index (χ3n) is 3.72. The first kappa shape index (κ1) is 26.3. The van der Waals surface area contributed by atoms with Crippen molar-refractivity contribution in [2.75, 3.05) is 11.6 Å². The number of phosphoric acid groups is 2. The van der Waals surface area contributed by atoms with Crippen LogP contribution in [0.25, 0.3) is 0 Å². The molecule has 0 saturated carbocycles. The molecule has 1 aliphatic rings. The number of aromatic nitrogens is 2. The number of aliphatic hydroxyl groups excluding tert-OH is 1. The minimum absolute atomic E-state index is 0.156. The molecule has 1 aliphatic heterocycles. The van der Waals surface area contributed by atoms with Crippen molar-refractivity contribution in [2.45, 2.75) is 24.1 Å². The molecule has 1 aromatic rings. The van der Waals surface area contributed by atoms with Crippen LogP contribution in [0.5, 0.6) is 0 Å². The van der Waals surface area contributed by atoms with Crippen LogP contribution < -0.4 is 11.4 Å². The van der Waals surface area contributed by atoms with Crippen LogP contribution in [0, 0.1) is 0 Å². The summed E-state index contributed by atoms with van der Waals surface area (Å²) in [6.07, 6.45) is -4.65. The molecule has 0 amide bonds. The normalized spacial score (nSPS) is 30.9. The van der Waals surface area contributed by atoms with E-state index in [9.17, 15) is 32.9 Å². The van der Waals surface area contributed by atoms with Crippen LogP contribution in [0.15, 0.2) is 29.0 Å². The zero-order valence-corrected chi connectivity index (χ0v) is 18.4. The number of halogens is 2. The van der Waals surface area contributed by atoms with E-state index < -0.39 is 58.9 Å². The third-order valence-corrected chi connectivity index (χ3v) is 8.11. The summed E-state index contributed by atoms with van der Waals surface area (Å²) in [6, 6.07) is 1.13.